The van der Waals surface area contributed by atoms with E-state index >= 15 is 0 Å². The van der Waals surface area contributed by atoms with E-state index in [1.165, 1.54) is 12.1 Å². The van der Waals surface area contributed by atoms with Crippen LogP contribution in [0, 0.1) is 5.82 Å². The van der Waals surface area contributed by atoms with Crippen LogP contribution in [-0.4, -0.2) is 27.5 Å². The van der Waals surface area contributed by atoms with Gasteiger partial charge in [0.2, 0.25) is 5.89 Å². The van der Waals surface area contributed by atoms with Crippen molar-refractivity contribution in [3.8, 4) is 0 Å². The number of halogens is 1. The molecule has 1 aromatic heterocycles. The maximum absolute atomic E-state index is 13.4. The summed E-state index contributed by atoms with van der Waals surface area (Å²) in [4.78, 5) is 17.8. The lowest BCUT2D eigenvalue weighted by Gasteiger charge is -2.22. The van der Waals surface area contributed by atoms with Gasteiger partial charge in [-0.2, -0.15) is 0 Å². The summed E-state index contributed by atoms with van der Waals surface area (Å²) in [6.45, 7) is 1.65. The van der Waals surface area contributed by atoms with Gasteiger partial charge in [-0.3, -0.25) is 4.90 Å². The first kappa shape index (κ1) is 18.4. The molecule has 0 aliphatic carbocycles. The number of hydrogen-bond donors (Lipinski definition) is 1. The summed E-state index contributed by atoms with van der Waals surface area (Å²) in [5.74, 6) is 0.230. The summed E-state index contributed by atoms with van der Waals surface area (Å²) < 4.78 is 19.3. The number of likely N-dealkylation sites (tertiary alicyclic amines) is 1. The number of carboxylic acid groups (broad SMARTS) is 1. The fourth-order valence-electron chi connectivity index (χ4n) is 3.69. The summed E-state index contributed by atoms with van der Waals surface area (Å²) in [5, 5.41) is 9.02. The zero-order valence-electron chi connectivity index (χ0n) is 15.3. The molecule has 1 aliphatic heterocycles. The van der Waals surface area contributed by atoms with Gasteiger partial charge in [-0.25, -0.2) is 14.2 Å². The van der Waals surface area contributed by atoms with Gasteiger partial charge in [0.25, 0.3) is 0 Å². The van der Waals surface area contributed by atoms with Crippen LogP contribution in [0.4, 0.5) is 4.39 Å². The third kappa shape index (κ3) is 4.12. The lowest BCUT2D eigenvalue weighted by Crippen LogP contribution is -2.23. The van der Waals surface area contributed by atoms with Crippen LogP contribution in [0.3, 0.4) is 0 Å². The van der Waals surface area contributed by atoms with E-state index in [0.29, 0.717) is 18.9 Å². The van der Waals surface area contributed by atoms with E-state index in [2.05, 4.69) is 9.88 Å². The maximum Gasteiger partial charge on any atom is 0.335 e. The molecule has 0 radical (unpaired) electrons. The van der Waals surface area contributed by atoms with E-state index in [1.807, 2.05) is 18.2 Å². The normalized spacial score (nSPS) is 17.1. The minimum absolute atomic E-state index is 0.0976. The Hall–Kier alpha value is -2.99. The molecule has 0 amide bonds. The van der Waals surface area contributed by atoms with Crippen molar-refractivity contribution in [1.29, 1.82) is 0 Å². The molecule has 0 spiro atoms. The predicted octanol–water partition coefficient (Wildman–Crippen LogP) is 4.44. The first-order chi connectivity index (χ1) is 13.6. The van der Waals surface area contributed by atoms with Crippen molar-refractivity contribution in [3.63, 3.8) is 0 Å². The molecule has 1 saturated heterocycles. The number of hydrogen-bond acceptors (Lipinski definition) is 4. The molecular weight excluding hydrogens is 359 g/mol. The molecule has 1 fully saturated rings. The summed E-state index contributed by atoms with van der Waals surface area (Å²) in [7, 11) is 0. The molecule has 1 N–H and O–H groups in total. The Bertz CT molecular complexity index is 968. The number of rotatable bonds is 6. The van der Waals surface area contributed by atoms with Crippen molar-refractivity contribution in [2.75, 3.05) is 6.54 Å². The van der Waals surface area contributed by atoms with Gasteiger partial charge in [-0.1, -0.05) is 24.3 Å². The molecule has 0 saturated carbocycles. The van der Waals surface area contributed by atoms with Crippen LogP contribution in [-0.2, 0) is 13.0 Å². The first-order valence-electron chi connectivity index (χ1n) is 9.34. The zero-order valence-corrected chi connectivity index (χ0v) is 15.3. The maximum atomic E-state index is 13.4. The summed E-state index contributed by atoms with van der Waals surface area (Å²) in [6, 6.07) is 13.5. The molecule has 6 heteroatoms. The molecule has 0 bridgehead atoms. The third-order valence-electron chi connectivity index (χ3n) is 5.07. The Morgan fingerprint density at radius 1 is 1.21 bits per heavy atom. The largest absolute Gasteiger partial charge is 0.478 e. The van der Waals surface area contributed by atoms with Crippen molar-refractivity contribution in [1.82, 2.24) is 9.88 Å². The molecule has 4 rings (SSSR count). The smallest absolute Gasteiger partial charge is 0.335 e. The predicted molar refractivity (Wildman–Crippen MR) is 101 cm³/mol. The summed E-state index contributed by atoms with van der Waals surface area (Å²) in [6.07, 6.45) is 4.25. The summed E-state index contributed by atoms with van der Waals surface area (Å²) in [5.41, 5.74) is 2.20. The van der Waals surface area contributed by atoms with E-state index in [-0.39, 0.29) is 17.4 Å². The molecule has 3 aromatic rings. The molecule has 1 unspecified atom stereocenters. The molecule has 144 valence electrons. The van der Waals surface area contributed by atoms with Gasteiger partial charge in [0, 0.05) is 13.0 Å². The number of oxazole rings is 1. The number of benzene rings is 2. The standard InChI is InChI=1S/C22H21FN2O3/c23-18-4-1-3-16(11-18)12-19-13-24-21(28-19)20-5-2-10-25(20)14-15-6-8-17(9-7-15)22(26)27/h1,3-4,6-9,11,13,20H,2,5,10,12,14H2,(H,26,27). The van der Waals surface area contributed by atoms with Crippen molar-refractivity contribution in [2.24, 2.45) is 0 Å². The van der Waals surface area contributed by atoms with Crippen molar-refractivity contribution >= 4 is 5.97 Å². The van der Waals surface area contributed by atoms with Crippen molar-refractivity contribution in [2.45, 2.75) is 31.8 Å². The molecule has 2 heterocycles. The number of carboxylic acids is 1. The van der Waals surface area contributed by atoms with Gasteiger partial charge in [0.15, 0.2) is 0 Å². The van der Waals surface area contributed by atoms with Crippen molar-refractivity contribution < 1.29 is 18.7 Å². The third-order valence-corrected chi connectivity index (χ3v) is 5.07. The highest BCUT2D eigenvalue weighted by Crippen LogP contribution is 2.33. The SMILES string of the molecule is O=C(O)c1ccc(CN2CCCC2c2ncc(Cc3cccc(F)c3)o2)cc1. The second-order valence-corrected chi connectivity index (χ2v) is 7.10. The molecular formula is C22H21FN2O3. The van der Waals surface area contributed by atoms with Gasteiger partial charge in [-0.15, -0.1) is 0 Å². The van der Waals surface area contributed by atoms with Crippen LogP contribution >= 0.6 is 0 Å². The highest BCUT2D eigenvalue weighted by Gasteiger charge is 2.29. The van der Waals surface area contributed by atoms with Gasteiger partial charge in [-0.05, 0) is 54.8 Å². The van der Waals surface area contributed by atoms with Gasteiger partial charge in [0.1, 0.15) is 11.6 Å². The van der Waals surface area contributed by atoms with Gasteiger partial charge < -0.3 is 9.52 Å². The highest BCUT2D eigenvalue weighted by atomic mass is 19.1. The van der Waals surface area contributed by atoms with Crippen LogP contribution in [0.1, 0.15) is 52.0 Å². The Morgan fingerprint density at radius 2 is 2.04 bits per heavy atom. The topological polar surface area (TPSA) is 66.6 Å². The molecule has 5 nitrogen and oxygen atoms in total. The number of nitrogens with zero attached hydrogens (tertiary/aromatic N) is 2. The van der Waals surface area contributed by atoms with E-state index in [9.17, 15) is 9.18 Å². The Labute approximate surface area is 162 Å². The van der Waals surface area contributed by atoms with Gasteiger partial charge in [0.05, 0.1) is 17.8 Å². The second-order valence-electron chi connectivity index (χ2n) is 7.10. The monoisotopic (exact) mass is 380 g/mol. The molecule has 2 aromatic carbocycles. The first-order valence-corrected chi connectivity index (χ1v) is 9.34. The minimum Gasteiger partial charge on any atom is -0.478 e. The average Bonchev–Trinajstić information content (AvgIpc) is 3.31. The van der Waals surface area contributed by atoms with Crippen molar-refractivity contribution in [3.05, 3.63) is 88.9 Å². The van der Waals surface area contributed by atoms with E-state index in [0.717, 1.165) is 36.3 Å². The lowest BCUT2D eigenvalue weighted by atomic mass is 10.1. The Balaban J connectivity index is 1.44. The highest BCUT2D eigenvalue weighted by molar-refractivity contribution is 5.87. The number of aromatic nitrogens is 1. The minimum atomic E-state index is -0.920. The zero-order chi connectivity index (χ0) is 19.5. The fourth-order valence-corrected chi connectivity index (χ4v) is 3.69. The van der Waals surface area contributed by atoms with E-state index in [4.69, 9.17) is 9.52 Å². The van der Waals surface area contributed by atoms with Gasteiger partial charge >= 0.3 is 5.97 Å². The van der Waals surface area contributed by atoms with Crippen LogP contribution in [0.2, 0.25) is 0 Å². The van der Waals surface area contributed by atoms with E-state index < -0.39 is 5.97 Å². The van der Waals surface area contributed by atoms with Crippen LogP contribution in [0.5, 0.6) is 0 Å². The summed E-state index contributed by atoms with van der Waals surface area (Å²) >= 11 is 0. The Kier molecular flexibility index (Phi) is 5.21. The fraction of sp³-hybridized carbons (Fsp3) is 0.273. The Morgan fingerprint density at radius 3 is 2.79 bits per heavy atom. The van der Waals surface area contributed by atoms with E-state index in [1.54, 1.807) is 24.4 Å². The van der Waals surface area contributed by atoms with Crippen LogP contribution < -0.4 is 0 Å². The van der Waals surface area contributed by atoms with Crippen LogP contribution in [0.15, 0.2) is 59.1 Å². The second kappa shape index (κ2) is 7.94. The lowest BCUT2D eigenvalue weighted by molar-refractivity contribution is 0.0697. The number of aromatic carboxylic acids is 1. The number of carbonyl (C=O) groups is 1. The quantitative estimate of drug-likeness (QED) is 0.685. The molecule has 28 heavy (non-hydrogen) atoms. The van der Waals surface area contributed by atoms with Crippen LogP contribution in [0.25, 0.3) is 0 Å². The average molecular weight is 380 g/mol. The molecule has 1 aliphatic rings. The molecule has 1 atom stereocenters.